The highest BCUT2D eigenvalue weighted by Gasteiger charge is 2.30. The average molecular weight is 634 g/mol. The zero-order valence-corrected chi connectivity index (χ0v) is 28.1. The van der Waals surface area contributed by atoms with E-state index in [4.69, 9.17) is 23.2 Å². The molecule has 0 saturated carbocycles. The zero-order chi connectivity index (χ0) is 31.1. The summed E-state index contributed by atoms with van der Waals surface area (Å²) < 4.78 is 2.51. The Bertz CT molecular complexity index is 2040. The maximum Gasteiger partial charge on any atom is 0.0736 e. The maximum atomic E-state index is 7.27. The molecule has 4 heteroatoms. The number of allylic oxidation sites excluding steroid dienone is 5. The molecular weight excluding hydrogens is 591 g/mol. The van der Waals surface area contributed by atoms with Crippen LogP contribution in [-0.4, -0.2) is 11.1 Å². The summed E-state index contributed by atoms with van der Waals surface area (Å²) in [6.07, 6.45) is 15.9. The molecule has 2 atom stereocenters. The summed E-state index contributed by atoms with van der Waals surface area (Å²) >= 11 is 13.9. The van der Waals surface area contributed by atoms with Gasteiger partial charge in [-0.1, -0.05) is 124 Å². The molecule has 0 fully saturated rings. The van der Waals surface area contributed by atoms with Crippen molar-refractivity contribution in [3.05, 3.63) is 117 Å². The van der Waals surface area contributed by atoms with Crippen molar-refractivity contribution in [2.75, 3.05) is 11.4 Å². The van der Waals surface area contributed by atoms with Gasteiger partial charge in [-0.3, -0.25) is 0 Å². The Morgan fingerprint density at radius 3 is 2.38 bits per heavy atom. The monoisotopic (exact) mass is 632 g/mol. The molecule has 1 aliphatic carbocycles. The van der Waals surface area contributed by atoms with Gasteiger partial charge in [0.2, 0.25) is 0 Å². The van der Waals surface area contributed by atoms with E-state index in [1.165, 1.54) is 61.2 Å². The number of nitrogens with zero attached hydrogens (tertiary/aromatic N) is 2. The smallest absolute Gasteiger partial charge is 0.0736 e. The lowest BCUT2D eigenvalue weighted by Crippen LogP contribution is -2.24. The van der Waals surface area contributed by atoms with Gasteiger partial charge in [-0.05, 0) is 78.0 Å². The molecule has 1 aromatic heterocycles. The van der Waals surface area contributed by atoms with Gasteiger partial charge in [0.1, 0.15) is 0 Å². The molecule has 0 bridgehead atoms. The van der Waals surface area contributed by atoms with Crippen molar-refractivity contribution in [3.8, 4) is 0 Å². The van der Waals surface area contributed by atoms with E-state index in [0.717, 1.165) is 60.6 Å². The lowest BCUT2D eigenvalue weighted by atomic mass is 9.86. The standard InChI is InChI=1S/C41H42Cl2N2/c1-4-6-23-44-35(32-14-8-11-28-12-9-16-37(44)39(28)32)20-17-29-25-27(3)26-30(41(29)43)18-21-36-33-15-10-13-31-34(42)19-22-38(40(31)33)45(36)24-7-5-2/h8-22,27,36H,4-7,23-26H2,1-3H3/b21-18-,29-17+,35-20-. The predicted octanol–water partition coefficient (Wildman–Crippen LogP) is 11.7. The summed E-state index contributed by atoms with van der Waals surface area (Å²) in [5, 5.41) is 9.44. The van der Waals surface area contributed by atoms with E-state index in [-0.39, 0.29) is 6.04 Å². The van der Waals surface area contributed by atoms with Crippen molar-refractivity contribution in [2.24, 2.45) is 5.92 Å². The van der Waals surface area contributed by atoms with Crippen LogP contribution >= 0.6 is 23.2 Å². The first-order chi connectivity index (χ1) is 22.0. The minimum atomic E-state index is 0.169. The van der Waals surface area contributed by atoms with Gasteiger partial charge in [0.05, 0.1) is 6.04 Å². The molecule has 2 unspecified atom stereocenters. The zero-order valence-electron chi connectivity index (χ0n) is 26.6. The van der Waals surface area contributed by atoms with Gasteiger partial charge in [-0.25, -0.2) is 0 Å². The second kappa shape index (κ2) is 12.7. The molecule has 4 aromatic carbocycles. The van der Waals surface area contributed by atoms with Crippen LogP contribution in [0.1, 0.15) is 70.9 Å². The average Bonchev–Trinajstić information content (AvgIpc) is 3.53. The van der Waals surface area contributed by atoms with E-state index >= 15 is 0 Å². The first kappa shape index (κ1) is 30.2. The van der Waals surface area contributed by atoms with Crippen LogP contribution in [0.3, 0.4) is 0 Å². The molecule has 0 N–H and O–H groups in total. The molecule has 0 saturated heterocycles. The number of halogens is 2. The summed E-state index contributed by atoms with van der Waals surface area (Å²) in [5.41, 5.74) is 6.41. The molecule has 0 amide bonds. The Morgan fingerprint density at radius 2 is 1.56 bits per heavy atom. The number of aryl methyl sites for hydroxylation is 1. The second-order valence-electron chi connectivity index (χ2n) is 13.0. The normalized spacial score (nSPS) is 20.0. The Labute approximate surface area is 277 Å². The highest BCUT2D eigenvalue weighted by atomic mass is 35.5. The Balaban J connectivity index is 1.29. The van der Waals surface area contributed by atoms with Crippen molar-refractivity contribution < 1.29 is 0 Å². The number of aromatic nitrogens is 1. The fourth-order valence-electron chi connectivity index (χ4n) is 7.63. The van der Waals surface area contributed by atoms with Crippen LogP contribution < -0.4 is 10.2 Å². The summed E-state index contributed by atoms with van der Waals surface area (Å²) in [6.45, 7) is 8.91. The van der Waals surface area contributed by atoms with Gasteiger partial charge in [0.15, 0.2) is 0 Å². The highest BCUT2D eigenvalue weighted by Crippen LogP contribution is 2.47. The van der Waals surface area contributed by atoms with E-state index in [9.17, 15) is 0 Å². The van der Waals surface area contributed by atoms with Crippen molar-refractivity contribution in [1.29, 1.82) is 0 Å². The van der Waals surface area contributed by atoms with E-state index in [1.807, 2.05) is 0 Å². The van der Waals surface area contributed by atoms with Gasteiger partial charge in [0.25, 0.3) is 0 Å². The minimum Gasteiger partial charge on any atom is -0.360 e. The first-order valence-electron chi connectivity index (χ1n) is 16.8. The van der Waals surface area contributed by atoms with Crippen LogP contribution in [0.25, 0.3) is 38.5 Å². The molecule has 230 valence electrons. The predicted molar refractivity (Wildman–Crippen MR) is 196 cm³/mol. The lowest BCUT2D eigenvalue weighted by molar-refractivity contribution is 0.563. The number of anilines is 1. The minimum absolute atomic E-state index is 0.169. The first-order valence-corrected chi connectivity index (χ1v) is 17.5. The summed E-state index contributed by atoms with van der Waals surface area (Å²) in [6, 6.07) is 24.3. The SMILES string of the molecule is CCCCN1c2ccc(Cl)c3cccc(c23)C1/C=C\C1=C(Cl)C(=C/C=c2/c3cccc4cccc(c43)n2CCCC)/CC(C)C1. The van der Waals surface area contributed by atoms with Gasteiger partial charge in [0, 0.05) is 61.2 Å². The summed E-state index contributed by atoms with van der Waals surface area (Å²) in [7, 11) is 0. The summed E-state index contributed by atoms with van der Waals surface area (Å²) in [4.78, 5) is 2.55. The van der Waals surface area contributed by atoms with E-state index < -0.39 is 0 Å². The third-order valence-electron chi connectivity index (χ3n) is 9.81. The molecule has 2 nitrogen and oxygen atoms in total. The molecular formula is C41H42Cl2N2. The molecule has 1 aliphatic heterocycles. The molecule has 2 heterocycles. The van der Waals surface area contributed by atoms with Crippen LogP contribution in [0.15, 0.2) is 101 Å². The van der Waals surface area contributed by atoms with Gasteiger partial charge < -0.3 is 9.47 Å². The van der Waals surface area contributed by atoms with Crippen LogP contribution in [-0.2, 0) is 6.54 Å². The summed E-state index contributed by atoms with van der Waals surface area (Å²) in [5.74, 6) is 0.524. The fraction of sp³-hybridized carbons (Fsp3) is 0.317. The van der Waals surface area contributed by atoms with Crippen LogP contribution in [0, 0.1) is 5.92 Å². The van der Waals surface area contributed by atoms with E-state index in [1.54, 1.807) is 0 Å². The number of hydrogen-bond acceptors (Lipinski definition) is 1. The van der Waals surface area contributed by atoms with E-state index in [2.05, 4.69) is 121 Å². The molecule has 45 heavy (non-hydrogen) atoms. The molecule has 7 rings (SSSR count). The van der Waals surface area contributed by atoms with Crippen molar-refractivity contribution >= 4 is 67.4 Å². The van der Waals surface area contributed by atoms with Crippen LogP contribution in [0.4, 0.5) is 5.69 Å². The van der Waals surface area contributed by atoms with Crippen LogP contribution in [0.5, 0.6) is 0 Å². The Kier molecular flexibility index (Phi) is 8.55. The largest absolute Gasteiger partial charge is 0.360 e. The molecule has 0 radical (unpaired) electrons. The number of unbranched alkanes of at least 4 members (excludes halogenated alkanes) is 2. The van der Waals surface area contributed by atoms with Crippen molar-refractivity contribution in [3.63, 3.8) is 0 Å². The molecule has 2 aliphatic rings. The quantitative estimate of drug-likeness (QED) is 0.157. The molecule has 5 aromatic rings. The third kappa shape index (κ3) is 5.41. The van der Waals surface area contributed by atoms with Gasteiger partial charge in [-0.15, -0.1) is 0 Å². The third-order valence-corrected chi connectivity index (χ3v) is 10.6. The topological polar surface area (TPSA) is 8.17 Å². The number of hydrogen-bond donors (Lipinski definition) is 0. The van der Waals surface area contributed by atoms with E-state index in [0.29, 0.717) is 5.92 Å². The second-order valence-corrected chi connectivity index (χ2v) is 13.8. The Hall–Kier alpha value is -3.46. The van der Waals surface area contributed by atoms with Crippen molar-refractivity contribution in [1.82, 2.24) is 4.57 Å². The lowest BCUT2D eigenvalue weighted by Gasteiger charge is -2.27. The number of rotatable bonds is 9. The number of benzene rings is 4. The Morgan fingerprint density at radius 1 is 0.800 bits per heavy atom. The van der Waals surface area contributed by atoms with Crippen molar-refractivity contribution in [2.45, 2.75) is 71.9 Å². The highest BCUT2D eigenvalue weighted by molar-refractivity contribution is 6.36. The van der Waals surface area contributed by atoms with Gasteiger partial charge >= 0.3 is 0 Å². The fourth-order valence-corrected chi connectivity index (χ4v) is 8.13. The maximum absolute atomic E-state index is 7.27. The van der Waals surface area contributed by atoms with Crippen LogP contribution in [0.2, 0.25) is 5.02 Å². The molecule has 0 spiro atoms. The van der Waals surface area contributed by atoms with Gasteiger partial charge in [-0.2, -0.15) is 0 Å².